The molecular formula is C14H20N4OS. The number of ketones is 1. The van der Waals surface area contributed by atoms with Crippen molar-refractivity contribution in [3.63, 3.8) is 0 Å². The summed E-state index contributed by atoms with van der Waals surface area (Å²) in [7, 11) is 1.87. The maximum absolute atomic E-state index is 12.4. The van der Waals surface area contributed by atoms with Gasteiger partial charge in [0.1, 0.15) is 6.33 Å². The fraction of sp³-hybridized carbons (Fsp3) is 0.500. The zero-order chi connectivity index (χ0) is 14.9. The highest BCUT2D eigenvalue weighted by atomic mass is 32.2. The van der Waals surface area contributed by atoms with E-state index in [2.05, 4.69) is 28.6 Å². The molecule has 0 atom stereocenters. The summed E-state index contributed by atoms with van der Waals surface area (Å²) in [6.07, 6.45) is 1.64. The quantitative estimate of drug-likeness (QED) is 0.628. The fourth-order valence-corrected chi connectivity index (χ4v) is 3.24. The first-order valence-corrected chi connectivity index (χ1v) is 7.58. The van der Waals surface area contributed by atoms with E-state index in [0.717, 1.165) is 22.1 Å². The predicted octanol–water partition coefficient (Wildman–Crippen LogP) is 2.79. The number of aromatic nitrogens is 4. The number of thioether (sulfide) groups is 1. The van der Waals surface area contributed by atoms with Crippen LogP contribution in [0.5, 0.6) is 0 Å². The van der Waals surface area contributed by atoms with Gasteiger partial charge in [-0.1, -0.05) is 11.8 Å². The lowest BCUT2D eigenvalue weighted by atomic mass is 10.2. The van der Waals surface area contributed by atoms with Gasteiger partial charge in [0.05, 0.1) is 5.75 Å². The number of carbonyl (C=O) groups is 1. The van der Waals surface area contributed by atoms with E-state index in [1.807, 2.05) is 31.5 Å². The SMILES string of the molecule is Cc1cc(C(=O)CSc2nncn2C)c(C)n1C(C)C. The third-order valence-corrected chi connectivity index (χ3v) is 4.34. The molecule has 2 heterocycles. The molecule has 0 aliphatic carbocycles. The molecule has 0 saturated carbocycles. The van der Waals surface area contributed by atoms with Gasteiger partial charge in [-0.25, -0.2) is 0 Å². The number of hydrogen-bond donors (Lipinski definition) is 0. The maximum Gasteiger partial charge on any atom is 0.191 e. The van der Waals surface area contributed by atoms with Crippen LogP contribution in [0.15, 0.2) is 17.6 Å². The number of hydrogen-bond acceptors (Lipinski definition) is 4. The minimum Gasteiger partial charge on any atom is -0.346 e. The Bertz CT molecular complexity index is 627. The van der Waals surface area contributed by atoms with Gasteiger partial charge in [0, 0.05) is 30.0 Å². The zero-order valence-electron chi connectivity index (χ0n) is 12.5. The van der Waals surface area contributed by atoms with Gasteiger partial charge in [-0.15, -0.1) is 10.2 Å². The van der Waals surface area contributed by atoms with Crippen molar-refractivity contribution in [2.75, 3.05) is 5.75 Å². The Morgan fingerprint density at radius 2 is 2.10 bits per heavy atom. The topological polar surface area (TPSA) is 52.7 Å². The van der Waals surface area contributed by atoms with Crippen molar-refractivity contribution < 1.29 is 4.79 Å². The predicted molar refractivity (Wildman–Crippen MR) is 80.3 cm³/mol. The van der Waals surface area contributed by atoms with Crippen molar-refractivity contribution in [2.24, 2.45) is 7.05 Å². The summed E-state index contributed by atoms with van der Waals surface area (Å²) in [4.78, 5) is 12.4. The van der Waals surface area contributed by atoms with Crippen LogP contribution in [0, 0.1) is 13.8 Å². The Morgan fingerprint density at radius 3 is 2.60 bits per heavy atom. The van der Waals surface area contributed by atoms with Crippen molar-refractivity contribution >= 4 is 17.5 Å². The highest BCUT2D eigenvalue weighted by molar-refractivity contribution is 7.99. The average Bonchev–Trinajstić information content (AvgIpc) is 2.90. The lowest BCUT2D eigenvalue weighted by Crippen LogP contribution is -2.08. The molecule has 0 N–H and O–H groups in total. The normalized spacial score (nSPS) is 11.3. The van der Waals surface area contributed by atoms with Gasteiger partial charge in [-0.2, -0.15) is 0 Å². The van der Waals surface area contributed by atoms with Gasteiger partial charge in [-0.3, -0.25) is 4.79 Å². The number of nitrogens with zero attached hydrogens (tertiary/aromatic N) is 4. The molecule has 0 aromatic carbocycles. The second-order valence-electron chi connectivity index (χ2n) is 5.18. The smallest absolute Gasteiger partial charge is 0.191 e. The van der Waals surface area contributed by atoms with Crippen molar-refractivity contribution in [3.8, 4) is 0 Å². The number of rotatable bonds is 5. The zero-order valence-corrected chi connectivity index (χ0v) is 13.4. The summed E-state index contributed by atoms with van der Waals surface area (Å²) in [6.45, 7) is 8.30. The Kier molecular flexibility index (Phi) is 4.32. The average molecular weight is 292 g/mol. The van der Waals surface area contributed by atoms with Gasteiger partial charge in [0.2, 0.25) is 0 Å². The highest BCUT2D eigenvalue weighted by Gasteiger charge is 2.17. The molecule has 0 aliphatic heterocycles. The minimum absolute atomic E-state index is 0.137. The van der Waals surface area contributed by atoms with E-state index in [0.29, 0.717) is 11.8 Å². The molecule has 0 fully saturated rings. The molecule has 6 heteroatoms. The first kappa shape index (κ1) is 14.8. The number of Topliss-reactive ketones (excluding diaryl/α,β-unsaturated/α-hetero) is 1. The van der Waals surface area contributed by atoms with Gasteiger partial charge in [-0.05, 0) is 33.8 Å². The van der Waals surface area contributed by atoms with E-state index >= 15 is 0 Å². The van der Waals surface area contributed by atoms with E-state index in [1.165, 1.54) is 11.8 Å². The first-order valence-electron chi connectivity index (χ1n) is 6.60. The summed E-state index contributed by atoms with van der Waals surface area (Å²) in [5, 5.41) is 8.54. The highest BCUT2D eigenvalue weighted by Crippen LogP contribution is 2.23. The van der Waals surface area contributed by atoms with Crippen LogP contribution in [0.3, 0.4) is 0 Å². The van der Waals surface area contributed by atoms with Crippen molar-refractivity contribution in [2.45, 2.75) is 38.9 Å². The van der Waals surface area contributed by atoms with E-state index in [9.17, 15) is 4.79 Å². The van der Waals surface area contributed by atoms with Gasteiger partial charge < -0.3 is 9.13 Å². The molecule has 0 bridgehead atoms. The minimum atomic E-state index is 0.137. The maximum atomic E-state index is 12.4. The summed E-state index contributed by atoms with van der Waals surface area (Å²) in [6, 6.07) is 2.34. The Morgan fingerprint density at radius 1 is 1.40 bits per heavy atom. The first-order chi connectivity index (χ1) is 9.41. The van der Waals surface area contributed by atoms with E-state index in [4.69, 9.17) is 0 Å². The number of aryl methyl sites for hydroxylation is 2. The van der Waals surface area contributed by atoms with Gasteiger partial charge in [0.15, 0.2) is 10.9 Å². The van der Waals surface area contributed by atoms with Crippen LogP contribution in [0.2, 0.25) is 0 Å². The van der Waals surface area contributed by atoms with E-state index in [1.54, 1.807) is 6.33 Å². The monoisotopic (exact) mass is 292 g/mol. The van der Waals surface area contributed by atoms with Gasteiger partial charge >= 0.3 is 0 Å². The van der Waals surface area contributed by atoms with Crippen molar-refractivity contribution in [3.05, 3.63) is 29.3 Å². The molecule has 0 unspecified atom stereocenters. The second-order valence-corrected chi connectivity index (χ2v) is 6.13. The van der Waals surface area contributed by atoms with Crippen LogP contribution in [0.4, 0.5) is 0 Å². The molecule has 5 nitrogen and oxygen atoms in total. The standard InChI is InChI=1S/C14H20N4OS/c1-9(2)18-10(3)6-12(11(18)4)13(19)7-20-14-16-15-8-17(14)5/h6,8-9H,7H2,1-5H3. The molecule has 20 heavy (non-hydrogen) atoms. The van der Waals surface area contributed by atoms with Crippen LogP contribution in [-0.2, 0) is 7.05 Å². The van der Waals surface area contributed by atoms with Crippen LogP contribution < -0.4 is 0 Å². The summed E-state index contributed by atoms with van der Waals surface area (Å²) >= 11 is 1.42. The lowest BCUT2D eigenvalue weighted by molar-refractivity contribution is 0.102. The Hall–Kier alpha value is -1.56. The van der Waals surface area contributed by atoms with Crippen LogP contribution >= 0.6 is 11.8 Å². The number of carbonyl (C=O) groups excluding carboxylic acids is 1. The van der Waals surface area contributed by atoms with Gasteiger partial charge in [0.25, 0.3) is 0 Å². The second kappa shape index (κ2) is 5.83. The van der Waals surface area contributed by atoms with Crippen LogP contribution in [-0.4, -0.2) is 30.9 Å². The fourth-order valence-electron chi connectivity index (χ4n) is 2.47. The molecule has 0 aliphatic rings. The van der Waals surface area contributed by atoms with Crippen molar-refractivity contribution in [1.82, 2.24) is 19.3 Å². The molecule has 0 spiro atoms. The van der Waals surface area contributed by atoms with E-state index < -0.39 is 0 Å². The van der Waals surface area contributed by atoms with E-state index in [-0.39, 0.29) is 5.78 Å². The Labute approximate surface area is 123 Å². The molecule has 108 valence electrons. The molecule has 2 rings (SSSR count). The molecule has 0 saturated heterocycles. The third kappa shape index (κ3) is 2.80. The summed E-state index contributed by atoms with van der Waals surface area (Å²) in [5.41, 5.74) is 2.98. The molecule has 2 aromatic rings. The third-order valence-electron chi connectivity index (χ3n) is 3.30. The van der Waals surface area contributed by atoms with Crippen LogP contribution in [0.1, 0.15) is 41.6 Å². The largest absolute Gasteiger partial charge is 0.346 e. The molecular weight excluding hydrogens is 272 g/mol. The summed E-state index contributed by atoms with van der Waals surface area (Å²) < 4.78 is 4.01. The molecule has 0 radical (unpaired) electrons. The summed E-state index contributed by atoms with van der Waals surface area (Å²) in [5.74, 6) is 0.521. The lowest BCUT2D eigenvalue weighted by Gasteiger charge is -2.13. The molecule has 0 amide bonds. The Balaban J connectivity index is 2.14. The molecule has 2 aromatic heterocycles. The van der Waals surface area contributed by atoms with Crippen molar-refractivity contribution in [1.29, 1.82) is 0 Å². The van der Waals surface area contributed by atoms with Crippen LogP contribution in [0.25, 0.3) is 0 Å².